The second-order valence-electron chi connectivity index (χ2n) is 2.08. The molecule has 0 aliphatic rings. The summed E-state index contributed by atoms with van der Waals surface area (Å²) in [5.41, 5.74) is 0.490. The molecule has 64 valence electrons. The highest BCUT2D eigenvalue weighted by molar-refractivity contribution is 5.77. The summed E-state index contributed by atoms with van der Waals surface area (Å²) in [4.78, 5) is 13.3. The van der Waals surface area contributed by atoms with E-state index in [2.05, 4.69) is 10.1 Å². The zero-order valence-corrected chi connectivity index (χ0v) is 6.34. The highest BCUT2D eigenvalue weighted by Gasteiger charge is 2.15. The number of hydrazone groups is 1. The van der Waals surface area contributed by atoms with E-state index in [4.69, 9.17) is 5.84 Å². The molecule has 0 saturated carbocycles. The van der Waals surface area contributed by atoms with Crippen molar-refractivity contribution in [3.63, 3.8) is 0 Å². The Morgan fingerprint density at radius 1 is 1.92 bits per heavy atom. The van der Waals surface area contributed by atoms with Gasteiger partial charge in [0.1, 0.15) is 6.20 Å². The lowest BCUT2D eigenvalue weighted by molar-refractivity contribution is -0.396. The third-order valence-electron chi connectivity index (χ3n) is 1.37. The molecule has 1 aromatic rings. The Balaban J connectivity index is 3.12. The molecule has 0 radical (unpaired) electrons. The Hall–Kier alpha value is -1.92. The number of hydrogen-bond donors (Lipinski definition) is 1. The van der Waals surface area contributed by atoms with E-state index in [0.717, 1.165) is 0 Å². The van der Waals surface area contributed by atoms with Gasteiger partial charge in [0.25, 0.3) is 0 Å². The summed E-state index contributed by atoms with van der Waals surface area (Å²) in [7, 11) is 1.52. The van der Waals surface area contributed by atoms with Crippen LogP contribution in [0.2, 0.25) is 0 Å². The maximum absolute atomic E-state index is 10.3. The van der Waals surface area contributed by atoms with E-state index >= 15 is 0 Å². The molecule has 7 nitrogen and oxygen atoms in total. The monoisotopic (exact) mass is 169 g/mol. The molecule has 1 aromatic heterocycles. The van der Waals surface area contributed by atoms with Crippen molar-refractivity contribution < 1.29 is 4.92 Å². The first-order valence-electron chi connectivity index (χ1n) is 3.06. The molecule has 0 aromatic carbocycles. The van der Waals surface area contributed by atoms with Gasteiger partial charge in [-0.25, -0.2) is 4.57 Å². The predicted octanol–water partition coefficient (Wildman–Crippen LogP) is -0.379. The fraction of sp³-hybridized carbons (Fsp3) is 0.200. The standard InChI is InChI=1S/C5H7N5O2/c1-9-4(3-8-6)2-7-5(9)10(11)12/h2-3H,6H2,1H3. The lowest BCUT2D eigenvalue weighted by atomic mass is 10.5. The molecule has 0 atom stereocenters. The topological polar surface area (TPSA) is 99.3 Å². The highest BCUT2D eigenvalue weighted by atomic mass is 16.6. The van der Waals surface area contributed by atoms with Crippen molar-refractivity contribution in [3.8, 4) is 0 Å². The fourth-order valence-corrected chi connectivity index (χ4v) is 0.778. The lowest BCUT2D eigenvalue weighted by Gasteiger charge is -1.93. The molecule has 1 heterocycles. The number of imidazole rings is 1. The Kier molecular flexibility index (Phi) is 2.04. The van der Waals surface area contributed by atoms with Crippen molar-refractivity contribution in [2.45, 2.75) is 0 Å². The molecular weight excluding hydrogens is 162 g/mol. The van der Waals surface area contributed by atoms with Gasteiger partial charge in [0, 0.05) is 0 Å². The van der Waals surface area contributed by atoms with E-state index < -0.39 is 4.92 Å². The molecule has 0 aliphatic heterocycles. The van der Waals surface area contributed by atoms with Crippen molar-refractivity contribution in [2.24, 2.45) is 18.0 Å². The van der Waals surface area contributed by atoms with Crippen LogP contribution in [-0.2, 0) is 7.05 Å². The first-order chi connectivity index (χ1) is 5.66. The van der Waals surface area contributed by atoms with Crippen LogP contribution in [0.3, 0.4) is 0 Å². The van der Waals surface area contributed by atoms with E-state index in [9.17, 15) is 10.1 Å². The van der Waals surface area contributed by atoms with Crippen molar-refractivity contribution in [1.29, 1.82) is 0 Å². The smallest absolute Gasteiger partial charge is 0.390 e. The van der Waals surface area contributed by atoms with Crippen LogP contribution in [0.5, 0.6) is 0 Å². The van der Waals surface area contributed by atoms with E-state index in [1.165, 1.54) is 24.0 Å². The van der Waals surface area contributed by atoms with Crippen LogP contribution in [0.15, 0.2) is 11.3 Å². The first kappa shape index (κ1) is 8.18. The number of aromatic nitrogens is 2. The average Bonchev–Trinajstić information content (AvgIpc) is 2.34. The maximum atomic E-state index is 10.3. The van der Waals surface area contributed by atoms with Crippen LogP contribution >= 0.6 is 0 Å². The first-order valence-corrected chi connectivity index (χ1v) is 3.06. The van der Waals surface area contributed by atoms with E-state index in [1.807, 2.05) is 0 Å². The molecule has 0 fully saturated rings. The van der Waals surface area contributed by atoms with Crippen molar-refractivity contribution >= 4 is 12.2 Å². The number of nitrogens with two attached hydrogens (primary N) is 1. The molecule has 0 saturated heterocycles. The SMILES string of the molecule is Cn1c(C=NN)cnc1[N+](=O)[O-]. The minimum Gasteiger partial charge on any atom is -0.390 e. The van der Waals surface area contributed by atoms with Gasteiger partial charge in [-0.1, -0.05) is 4.98 Å². The number of nitrogens with zero attached hydrogens (tertiary/aromatic N) is 4. The molecule has 0 unspecified atom stereocenters. The van der Waals surface area contributed by atoms with Crippen LogP contribution in [0.4, 0.5) is 5.95 Å². The van der Waals surface area contributed by atoms with Crippen LogP contribution in [0, 0.1) is 10.1 Å². The third-order valence-corrected chi connectivity index (χ3v) is 1.37. The molecule has 0 aliphatic carbocycles. The average molecular weight is 169 g/mol. The number of hydrogen-bond acceptors (Lipinski definition) is 5. The molecule has 7 heteroatoms. The van der Waals surface area contributed by atoms with Gasteiger partial charge in [0.2, 0.25) is 0 Å². The fourth-order valence-electron chi connectivity index (χ4n) is 0.778. The minimum atomic E-state index is -0.576. The van der Waals surface area contributed by atoms with Gasteiger partial charge < -0.3 is 16.0 Å². The summed E-state index contributed by atoms with van der Waals surface area (Å²) < 4.78 is 1.29. The van der Waals surface area contributed by atoms with Gasteiger partial charge in [0.15, 0.2) is 5.69 Å². The third kappa shape index (κ3) is 1.24. The Morgan fingerprint density at radius 3 is 3.00 bits per heavy atom. The van der Waals surface area contributed by atoms with Crippen LogP contribution in [0.25, 0.3) is 0 Å². The summed E-state index contributed by atoms with van der Waals surface area (Å²) in [6.45, 7) is 0. The van der Waals surface area contributed by atoms with Gasteiger partial charge in [-0.2, -0.15) is 5.10 Å². The quantitative estimate of drug-likeness (QED) is 0.282. The summed E-state index contributed by atoms with van der Waals surface area (Å²) >= 11 is 0. The minimum absolute atomic E-state index is 0.232. The zero-order valence-electron chi connectivity index (χ0n) is 6.34. The zero-order chi connectivity index (χ0) is 9.14. The van der Waals surface area contributed by atoms with E-state index in [0.29, 0.717) is 5.69 Å². The van der Waals surface area contributed by atoms with E-state index in [1.54, 1.807) is 0 Å². The van der Waals surface area contributed by atoms with E-state index in [-0.39, 0.29) is 5.95 Å². The molecular formula is C5H7N5O2. The van der Waals surface area contributed by atoms with Gasteiger partial charge in [0.05, 0.1) is 13.3 Å². The number of nitro groups is 1. The van der Waals surface area contributed by atoms with Crippen LogP contribution in [0.1, 0.15) is 5.69 Å². The Morgan fingerprint density at radius 2 is 2.58 bits per heavy atom. The summed E-state index contributed by atoms with van der Waals surface area (Å²) in [6, 6.07) is 0. The van der Waals surface area contributed by atoms with Gasteiger partial charge in [-0.3, -0.25) is 0 Å². The Labute approximate surface area is 67.7 Å². The van der Waals surface area contributed by atoms with Crippen molar-refractivity contribution in [1.82, 2.24) is 9.55 Å². The normalized spacial score (nSPS) is 10.8. The highest BCUT2D eigenvalue weighted by Crippen LogP contribution is 2.07. The number of rotatable bonds is 2. The van der Waals surface area contributed by atoms with Crippen LogP contribution < -0.4 is 5.84 Å². The van der Waals surface area contributed by atoms with Gasteiger partial charge in [-0.05, 0) is 4.92 Å². The van der Waals surface area contributed by atoms with Crippen LogP contribution in [-0.4, -0.2) is 20.7 Å². The second-order valence-corrected chi connectivity index (χ2v) is 2.08. The molecule has 12 heavy (non-hydrogen) atoms. The molecule has 2 N–H and O–H groups in total. The summed E-state index contributed by atoms with van der Waals surface area (Å²) in [5.74, 6) is 4.64. The summed E-state index contributed by atoms with van der Waals surface area (Å²) in [6.07, 6.45) is 2.62. The lowest BCUT2D eigenvalue weighted by Crippen LogP contribution is -2.01. The second kappa shape index (κ2) is 2.99. The predicted molar refractivity (Wildman–Crippen MR) is 41.6 cm³/mol. The van der Waals surface area contributed by atoms with Gasteiger partial charge in [-0.15, -0.1) is 0 Å². The van der Waals surface area contributed by atoms with Crippen molar-refractivity contribution in [2.75, 3.05) is 0 Å². The maximum Gasteiger partial charge on any atom is 0.434 e. The summed E-state index contributed by atoms with van der Waals surface area (Å²) in [5, 5.41) is 13.5. The molecule has 1 rings (SSSR count). The molecule has 0 spiro atoms. The molecule has 0 amide bonds. The molecule has 0 bridgehead atoms. The van der Waals surface area contributed by atoms with Crippen molar-refractivity contribution in [3.05, 3.63) is 22.0 Å². The Bertz CT molecular complexity index is 329. The largest absolute Gasteiger partial charge is 0.434 e. The van der Waals surface area contributed by atoms with Gasteiger partial charge >= 0.3 is 5.95 Å².